The molecule has 0 fully saturated rings. The van der Waals surface area contributed by atoms with E-state index in [4.69, 9.17) is 21.1 Å². The third-order valence-electron chi connectivity index (χ3n) is 3.69. The van der Waals surface area contributed by atoms with Crippen LogP contribution in [0.1, 0.15) is 34.1 Å². The van der Waals surface area contributed by atoms with E-state index in [-0.39, 0.29) is 10.7 Å². The summed E-state index contributed by atoms with van der Waals surface area (Å²) in [4.78, 5) is 16.4. The number of halogens is 1. The predicted molar refractivity (Wildman–Crippen MR) is 107 cm³/mol. The van der Waals surface area contributed by atoms with Crippen molar-refractivity contribution in [3.63, 3.8) is 0 Å². The zero-order chi connectivity index (χ0) is 20.0. The van der Waals surface area contributed by atoms with Gasteiger partial charge in [-0.15, -0.1) is 0 Å². The van der Waals surface area contributed by atoms with E-state index in [0.29, 0.717) is 23.9 Å². The van der Waals surface area contributed by atoms with Crippen molar-refractivity contribution in [2.24, 2.45) is 7.05 Å². The lowest BCUT2D eigenvalue weighted by Gasteiger charge is -2.29. The van der Waals surface area contributed by atoms with E-state index in [1.54, 1.807) is 18.3 Å². The lowest BCUT2D eigenvalue weighted by molar-refractivity contribution is 0.0620. The molecule has 0 aliphatic rings. The van der Waals surface area contributed by atoms with Crippen molar-refractivity contribution >= 4 is 23.1 Å². The molecule has 0 atom stereocenters. The summed E-state index contributed by atoms with van der Waals surface area (Å²) in [5.74, 6) is 1.87. The number of anilines is 2. The van der Waals surface area contributed by atoms with Crippen LogP contribution in [-0.4, -0.2) is 27.0 Å². The monoisotopic (exact) mass is 392 g/mol. The molecular weight excluding hydrogens is 368 g/mol. The zero-order valence-electron chi connectivity index (χ0n) is 16.2. The standard InChI is InChI=1S/C19H25ClN4O3/c1-6-8-15(26-7-2)19(3,4)27-13-9-10-17(21-12-13)22-14-11-16(20)23-24(5)18(14)25/h8-12H,6-7H2,1-5H3,(H,21,22)/b15-8+. The Kier molecular flexibility index (Phi) is 6.85. The first-order valence-corrected chi connectivity index (χ1v) is 9.14. The fourth-order valence-electron chi connectivity index (χ4n) is 2.48. The maximum atomic E-state index is 12.1. The fraction of sp³-hybridized carbons (Fsp3) is 0.421. The number of nitrogens with zero attached hydrogens (tertiary/aromatic N) is 3. The van der Waals surface area contributed by atoms with Crippen molar-refractivity contribution in [2.75, 3.05) is 11.9 Å². The minimum absolute atomic E-state index is 0.215. The summed E-state index contributed by atoms with van der Waals surface area (Å²) in [5.41, 5.74) is -0.630. The zero-order valence-corrected chi connectivity index (χ0v) is 17.0. The van der Waals surface area contributed by atoms with Gasteiger partial charge in [-0.3, -0.25) is 4.79 Å². The molecule has 146 valence electrons. The highest BCUT2D eigenvalue weighted by Crippen LogP contribution is 2.26. The summed E-state index contributed by atoms with van der Waals surface area (Å²) in [6.45, 7) is 8.45. The molecule has 0 spiro atoms. The number of rotatable bonds is 8. The van der Waals surface area contributed by atoms with Gasteiger partial charge in [0.15, 0.2) is 10.8 Å². The van der Waals surface area contributed by atoms with Crippen LogP contribution in [0.15, 0.2) is 41.0 Å². The Bertz CT molecular complexity index is 860. The highest BCUT2D eigenvalue weighted by atomic mass is 35.5. The van der Waals surface area contributed by atoms with Gasteiger partial charge in [-0.1, -0.05) is 18.5 Å². The normalized spacial score (nSPS) is 12.0. The molecule has 27 heavy (non-hydrogen) atoms. The summed E-state index contributed by atoms with van der Waals surface area (Å²) in [6, 6.07) is 4.96. The second kappa shape index (κ2) is 8.90. The molecular formula is C19H25ClN4O3. The Labute approximate surface area is 164 Å². The van der Waals surface area contributed by atoms with E-state index in [0.717, 1.165) is 12.2 Å². The molecule has 0 bridgehead atoms. The number of hydrogen-bond donors (Lipinski definition) is 1. The van der Waals surface area contributed by atoms with Crippen LogP contribution in [0.4, 0.5) is 11.5 Å². The van der Waals surface area contributed by atoms with Crippen LogP contribution in [0.2, 0.25) is 5.15 Å². The number of pyridine rings is 1. The number of hydrogen-bond acceptors (Lipinski definition) is 6. The number of allylic oxidation sites excluding steroid dienone is 1. The largest absolute Gasteiger partial charge is 0.494 e. The first-order valence-electron chi connectivity index (χ1n) is 8.76. The molecule has 0 saturated heterocycles. The minimum atomic E-state index is -0.628. The number of aryl methyl sites for hydroxylation is 1. The molecule has 7 nitrogen and oxygen atoms in total. The molecule has 0 saturated carbocycles. The van der Waals surface area contributed by atoms with Gasteiger partial charge in [-0.25, -0.2) is 9.67 Å². The molecule has 0 unspecified atom stereocenters. The first kappa shape index (κ1) is 20.8. The molecule has 2 heterocycles. The van der Waals surface area contributed by atoms with Crippen LogP contribution in [0.5, 0.6) is 5.75 Å². The molecule has 8 heteroatoms. The third kappa shape index (κ3) is 5.47. The fourth-order valence-corrected chi connectivity index (χ4v) is 2.70. The second-order valence-electron chi connectivity index (χ2n) is 6.34. The second-order valence-corrected chi connectivity index (χ2v) is 6.72. The van der Waals surface area contributed by atoms with E-state index in [2.05, 4.69) is 15.4 Å². The maximum Gasteiger partial charge on any atom is 0.290 e. The molecule has 2 aromatic heterocycles. The average Bonchev–Trinajstić information content (AvgIpc) is 2.60. The molecule has 0 amide bonds. The van der Waals surface area contributed by atoms with E-state index < -0.39 is 5.60 Å². The van der Waals surface area contributed by atoms with Crippen LogP contribution >= 0.6 is 11.6 Å². The van der Waals surface area contributed by atoms with Crippen molar-refractivity contribution in [3.8, 4) is 5.75 Å². The third-order valence-corrected chi connectivity index (χ3v) is 3.87. The predicted octanol–water partition coefficient (Wildman–Crippen LogP) is 4.06. The molecule has 1 N–H and O–H groups in total. The molecule has 0 aromatic carbocycles. The van der Waals surface area contributed by atoms with Crippen LogP contribution in [0.3, 0.4) is 0 Å². The molecule has 0 radical (unpaired) electrons. The van der Waals surface area contributed by atoms with Gasteiger partial charge in [0.2, 0.25) is 0 Å². The van der Waals surface area contributed by atoms with Gasteiger partial charge in [0, 0.05) is 13.1 Å². The van der Waals surface area contributed by atoms with Gasteiger partial charge < -0.3 is 14.8 Å². The molecule has 2 aromatic rings. The van der Waals surface area contributed by atoms with Crippen molar-refractivity contribution < 1.29 is 9.47 Å². The number of nitrogens with one attached hydrogen (secondary N) is 1. The van der Waals surface area contributed by atoms with Gasteiger partial charge in [-0.2, -0.15) is 5.10 Å². The highest BCUT2D eigenvalue weighted by Gasteiger charge is 2.27. The smallest absolute Gasteiger partial charge is 0.290 e. The van der Waals surface area contributed by atoms with Crippen LogP contribution in [0.25, 0.3) is 0 Å². The lowest BCUT2D eigenvalue weighted by atomic mass is 10.1. The summed E-state index contributed by atoms with van der Waals surface area (Å²) in [6.07, 6.45) is 4.45. The quantitative estimate of drug-likeness (QED) is 0.682. The summed E-state index contributed by atoms with van der Waals surface area (Å²) in [5, 5.41) is 7.01. The Hall–Kier alpha value is -2.54. The van der Waals surface area contributed by atoms with Crippen LogP contribution < -0.4 is 15.6 Å². The lowest BCUT2D eigenvalue weighted by Crippen LogP contribution is -2.32. The summed E-state index contributed by atoms with van der Waals surface area (Å²) in [7, 11) is 1.53. The van der Waals surface area contributed by atoms with Gasteiger partial charge in [0.1, 0.15) is 23.0 Å². The van der Waals surface area contributed by atoms with E-state index in [1.807, 2.05) is 33.8 Å². The average molecular weight is 393 g/mol. The Balaban J connectivity index is 2.16. The molecule has 2 rings (SSSR count). The van der Waals surface area contributed by atoms with Gasteiger partial charge in [-0.05, 0) is 45.4 Å². The van der Waals surface area contributed by atoms with Crippen molar-refractivity contribution in [3.05, 3.63) is 51.7 Å². The number of aromatic nitrogens is 3. The maximum absolute atomic E-state index is 12.1. The van der Waals surface area contributed by atoms with Crippen molar-refractivity contribution in [2.45, 2.75) is 39.7 Å². The van der Waals surface area contributed by atoms with Gasteiger partial charge in [0.05, 0.1) is 12.8 Å². The van der Waals surface area contributed by atoms with Gasteiger partial charge in [0.25, 0.3) is 5.56 Å². The Morgan fingerprint density at radius 3 is 2.70 bits per heavy atom. The van der Waals surface area contributed by atoms with E-state index >= 15 is 0 Å². The Morgan fingerprint density at radius 1 is 1.37 bits per heavy atom. The minimum Gasteiger partial charge on any atom is -0.494 e. The van der Waals surface area contributed by atoms with E-state index in [9.17, 15) is 4.79 Å². The SMILES string of the molecule is CC/C=C(/OCC)C(C)(C)Oc1ccc(Nc2cc(Cl)nn(C)c2=O)nc1. The van der Waals surface area contributed by atoms with Crippen LogP contribution in [-0.2, 0) is 11.8 Å². The van der Waals surface area contributed by atoms with Crippen LogP contribution in [0, 0.1) is 0 Å². The van der Waals surface area contributed by atoms with Gasteiger partial charge >= 0.3 is 0 Å². The number of ether oxygens (including phenoxy) is 2. The summed E-state index contributed by atoms with van der Waals surface area (Å²) >= 11 is 5.90. The first-order chi connectivity index (χ1) is 12.8. The topological polar surface area (TPSA) is 78.3 Å². The molecule has 0 aliphatic heterocycles. The van der Waals surface area contributed by atoms with E-state index in [1.165, 1.54) is 17.8 Å². The van der Waals surface area contributed by atoms with Crippen molar-refractivity contribution in [1.29, 1.82) is 0 Å². The highest BCUT2D eigenvalue weighted by molar-refractivity contribution is 6.29. The Morgan fingerprint density at radius 2 is 2.11 bits per heavy atom. The summed E-state index contributed by atoms with van der Waals surface area (Å²) < 4.78 is 12.9. The van der Waals surface area contributed by atoms with Crippen molar-refractivity contribution in [1.82, 2.24) is 14.8 Å². The molecule has 0 aliphatic carbocycles.